The van der Waals surface area contributed by atoms with Gasteiger partial charge < -0.3 is 32.5 Å². The summed E-state index contributed by atoms with van der Waals surface area (Å²) in [7, 11) is 0. The number of carbonyl (C=O) groups is 5. The number of nitrogens with two attached hydrogens (primary N) is 2. The molecule has 0 aromatic carbocycles. The maximum Gasteiger partial charge on any atom is 0.326 e. The monoisotopic (exact) mass is 415 g/mol. The predicted octanol–water partition coefficient (Wildman–Crippen LogP) is -1.55. The molecule has 0 saturated heterocycles. The van der Waals surface area contributed by atoms with E-state index in [0.717, 1.165) is 0 Å². The van der Waals surface area contributed by atoms with Gasteiger partial charge in [0.1, 0.15) is 18.1 Å². The number of hydrogen-bond donors (Lipinski definition) is 6. The summed E-state index contributed by atoms with van der Waals surface area (Å²) < 4.78 is 0. The minimum Gasteiger partial charge on any atom is -0.480 e. The summed E-state index contributed by atoms with van der Waals surface area (Å²) in [6.07, 6.45) is -0.103. The molecule has 4 unspecified atom stereocenters. The van der Waals surface area contributed by atoms with Crippen LogP contribution in [0.5, 0.6) is 0 Å². The number of carbonyl (C=O) groups excluding carboxylic acids is 4. The zero-order valence-corrected chi connectivity index (χ0v) is 17.5. The quantitative estimate of drug-likeness (QED) is 0.222. The van der Waals surface area contributed by atoms with Gasteiger partial charge in [-0.1, -0.05) is 27.7 Å². The largest absolute Gasteiger partial charge is 0.480 e. The molecule has 0 spiro atoms. The Morgan fingerprint density at radius 3 is 1.83 bits per heavy atom. The molecule has 0 aromatic rings. The van der Waals surface area contributed by atoms with Crippen molar-refractivity contribution >= 4 is 29.6 Å². The summed E-state index contributed by atoms with van der Waals surface area (Å²) in [4.78, 5) is 59.4. The van der Waals surface area contributed by atoms with Gasteiger partial charge in [0.15, 0.2) is 0 Å². The number of nitrogens with one attached hydrogen (secondary N) is 3. The van der Waals surface area contributed by atoms with Crippen molar-refractivity contribution in [2.24, 2.45) is 23.3 Å². The lowest BCUT2D eigenvalue weighted by molar-refractivity contribution is -0.143. The summed E-state index contributed by atoms with van der Waals surface area (Å²) >= 11 is 0. The SMILES string of the molecule is CC(C)CC(N)C(=O)NC(C)C(=O)NC(CC(N)=O)C(=O)NC(C(=O)O)C(C)C. The highest BCUT2D eigenvalue weighted by Crippen LogP contribution is 2.05. The van der Waals surface area contributed by atoms with Crippen LogP contribution in [-0.2, 0) is 24.0 Å². The zero-order chi connectivity index (χ0) is 22.9. The van der Waals surface area contributed by atoms with E-state index in [-0.39, 0.29) is 5.92 Å². The number of amides is 4. The van der Waals surface area contributed by atoms with E-state index in [1.54, 1.807) is 13.8 Å². The molecule has 11 heteroatoms. The molecule has 0 saturated carbocycles. The maximum atomic E-state index is 12.4. The highest BCUT2D eigenvalue weighted by molar-refractivity contribution is 5.95. The fourth-order valence-electron chi connectivity index (χ4n) is 2.48. The molecular weight excluding hydrogens is 382 g/mol. The standard InChI is InChI=1S/C18H33N5O6/c1-8(2)6-11(19)16(26)21-10(5)15(25)22-12(7-13(20)24)17(27)23-14(9(3)4)18(28)29/h8-12,14H,6-7,19H2,1-5H3,(H2,20,24)(H,21,26)(H,22,25)(H,23,27)(H,28,29). The molecule has 0 fully saturated rings. The van der Waals surface area contributed by atoms with Gasteiger partial charge in [-0.3, -0.25) is 19.2 Å². The average molecular weight is 415 g/mol. The Morgan fingerprint density at radius 1 is 0.862 bits per heavy atom. The summed E-state index contributed by atoms with van der Waals surface area (Å²) in [5.41, 5.74) is 10.9. The maximum absolute atomic E-state index is 12.4. The van der Waals surface area contributed by atoms with Gasteiger partial charge in [0.25, 0.3) is 0 Å². The molecule has 29 heavy (non-hydrogen) atoms. The third kappa shape index (κ3) is 9.88. The highest BCUT2D eigenvalue weighted by atomic mass is 16.4. The Balaban J connectivity index is 5.10. The summed E-state index contributed by atoms with van der Waals surface area (Å²) in [6, 6.07) is -4.42. The smallest absolute Gasteiger partial charge is 0.326 e. The van der Waals surface area contributed by atoms with Gasteiger partial charge in [-0.2, -0.15) is 0 Å². The van der Waals surface area contributed by atoms with Gasteiger partial charge in [0.2, 0.25) is 23.6 Å². The molecular formula is C18H33N5O6. The van der Waals surface area contributed by atoms with Crippen molar-refractivity contribution in [2.75, 3.05) is 0 Å². The van der Waals surface area contributed by atoms with Crippen LogP contribution in [-0.4, -0.2) is 58.9 Å². The van der Waals surface area contributed by atoms with Gasteiger partial charge in [0, 0.05) is 0 Å². The lowest BCUT2D eigenvalue weighted by Crippen LogP contribution is -2.57. The van der Waals surface area contributed by atoms with Crippen LogP contribution in [0.25, 0.3) is 0 Å². The van der Waals surface area contributed by atoms with E-state index in [1.165, 1.54) is 6.92 Å². The molecule has 0 aliphatic carbocycles. The fourth-order valence-corrected chi connectivity index (χ4v) is 2.48. The minimum absolute atomic E-state index is 0.187. The second-order valence-corrected chi connectivity index (χ2v) is 7.77. The molecule has 0 radical (unpaired) electrons. The van der Waals surface area contributed by atoms with Crippen LogP contribution in [0.15, 0.2) is 0 Å². The summed E-state index contributed by atoms with van der Waals surface area (Å²) in [5.74, 6) is -4.49. The molecule has 0 heterocycles. The normalized spacial score (nSPS) is 15.2. The zero-order valence-electron chi connectivity index (χ0n) is 17.5. The van der Waals surface area contributed by atoms with E-state index in [9.17, 15) is 29.1 Å². The van der Waals surface area contributed by atoms with Crippen molar-refractivity contribution in [3.05, 3.63) is 0 Å². The first kappa shape index (κ1) is 26.3. The van der Waals surface area contributed by atoms with Crippen LogP contribution in [0, 0.1) is 11.8 Å². The van der Waals surface area contributed by atoms with E-state index in [0.29, 0.717) is 6.42 Å². The van der Waals surface area contributed by atoms with Gasteiger partial charge in [-0.15, -0.1) is 0 Å². The van der Waals surface area contributed by atoms with Crippen molar-refractivity contribution < 1.29 is 29.1 Å². The molecule has 4 atom stereocenters. The van der Waals surface area contributed by atoms with Crippen LogP contribution in [0.3, 0.4) is 0 Å². The Bertz CT molecular complexity index is 622. The topological polar surface area (TPSA) is 194 Å². The Hall–Kier alpha value is -2.69. The van der Waals surface area contributed by atoms with Crippen molar-refractivity contribution in [1.29, 1.82) is 0 Å². The molecule has 0 aromatic heterocycles. The molecule has 166 valence electrons. The van der Waals surface area contributed by atoms with Crippen LogP contribution < -0.4 is 27.4 Å². The van der Waals surface area contributed by atoms with Gasteiger partial charge >= 0.3 is 5.97 Å². The second kappa shape index (κ2) is 12.0. The molecule has 11 nitrogen and oxygen atoms in total. The van der Waals surface area contributed by atoms with Crippen molar-refractivity contribution in [1.82, 2.24) is 16.0 Å². The van der Waals surface area contributed by atoms with Crippen molar-refractivity contribution in [3.8, 4) is 0 Å². The molecule has 0 aliphatic rings. The first-order chi connectivity index (χ1) is 13.3. The highest BCUT2D eigenvalue weighted by Gasteiger charge is 2.31. The second-order valence-electron chi connectivity index (χ2n) is 7.77. The molecule has 0 rings (SSSR count). The van der Waals surface area contributed by atoms with Crippen molar-refractivity contribution in [2.45, 2.75) is 71.6 Å². The number of carboxylic acids is 1. The van der Waals surface area contributed by atoms with Gasteiger partial charge in [0.05, 0.1) is 12.5 Å². The summed E-state index contributed by atoms with van der Waals surface area (Å²) in [6.45, 7) is 8.38. The van der Waals surface area contributed by atoms with Crippen LogP contribution >= 0.6 is 0 Å². The Kier molecular flexibility index (Phi) is 10.9. The van der Waals surface area contributed by atoms with Crippen molar-refractivity contribution in [3.63, 3.8) is 0 Å². The van der Waals surface area contributed by atoms with Crippen LogP contribution in [0.2, 0.25) is 0 Å². The lowest BCUT2D eigenvalue weighted by atomic mass is 10.0. The molecule has 0 aliphatic heterocycles. The van der Waals surface area contributed by atoms with E-state index >= 15 is 0 Å². The Labute approximate surface area is 170 Å². The minimum atomic E-state index is -1.38. The average Bonchev–Trinajstić information content (AvgIpc) is 2.56. The number of aliphatic carboxylic acids is 1. The molecule has 4 amide bonds. The molecule has 0 bridgehead atoms. The molecule has 8 N–H and O–H groups in total. The first-order valence-corrected chi connectivity index (χ1v) is 9.44. The van der Waals surface area contributed by atoms with E-state index < -0.39 is 66.1 Å². The van der Waals surface area contributed by atoms with Crippen LogP contribution in [0.1, 0.15) is 47.5 Å². The number of carboxylic acid groups (broad SMARTS) is 1. The van der Waals surface area contributed by atoms with Gasteiger partial charge in [-0.25, -0.2) is 4.79 Å². The number of hydrogen-bond acceptors (Lipinski definition) is 6. The summed E-state index contributed by atoms with van der Waals surface area (Å²) in [5, 5.41) is 16.2. The first-order valence-electron chi connectivity index (χ1n) is 9.44. The number of rotatable bonds is 12. The number of primary amides is 1. The van der Waals surface area contributed by atoms with Gasteiger partial charge in [-0.05, 0) is 25.2 Å². The van der Waals surface area contributed by atoms with Crippen LogP contribution in [0.4, 0.5) is 0 Å². The lowest BCUT2D eigenvalue weighted by Gasteiger charge is -2.24. The third-order valence-electron chi connectivity index (χ3n) is 4.08. The third-order valence-corrected chi connectivity index (χ3v) is 4.08. The van der Waals surface area contributed by atoms with E-state index in [4.69, 9.17) is 11.5 Å². The van der Waals surface area contributed by atoms with E-state index in [2.05, 4.69) is 16.0 Å². The Morgan fingerprint density at radius 2 is 1.41 bits per heavy atom. The van der Waals surface area contributed by atoms with E-state index in [1.807, 2.05) is 13.8 Å². The predicted molar refractivity (Wildman–Crippen MR) is 105 cm³/mol. The fraction of sp³-hybridized carbons (Fsp3) is 0.722.